The van der Waals surface area contributed by atoms with Crippen LogP contribution in [0.5, 0.6) is 11.5 Å². The molecule has 23 heavy (non-hydrogen) atoms. The molecule has 3 aromatic rings. The van der Waals surface area contributed by atoms with Gasteiger partial charge < -0.3 is 9.47 Å². The molecule has 0 amide bonds. The maximum absolute atomic E-state index is 9.21. The summed E-state index contributed by atoms with van der Waals surface area (Å²) in [5.74, 6) is 1.45. The van der Waals surface area contributed by atoms with E-state index in [-0.39, 0.29) is 0 Å². The molecule has 5 heteroatoms. The average Bonchev–Trinajstić information content (AvgIpc) is 3.06. The van der Waals surface area contributed by atoms with Crippen LogP contribution >= 0.6 is 0 Å². The highest BCUT2D eigenvalue weighted by molar-refractivity contribution is 5.70. The van der Waals surface area contributed by atoms with Gasteiger partial charge in [0.05, 0.1) is 25.6 Å². The zero-order chi connectivity index (χ0) is 16.2. The number of aromatic nitrogens is 2. The summed E-state index contributed by atoms with van der Waals surface area (Å²) in [7, 11) is 3.24. The van der Waals surface area contributed by atoms with Gasteiger partial charge in [-0.15, -0.1) is 0 Å². The third kappa shape index (κ3) is 2.74. The van der Waals surface area contributed by atoms with Gasteiger partial charge in [0.15, 0.2) is 5.69 Å². The Kier molecular flexibility index (Phi) is 3.98. The number of nitriles is 1. The van der Waals surface area contributed by atoms with E-state index in [9.17, 15) is 5.26 Å². The minimum Gasteiger partial charge on any atom is -0.497 e. The summed E-state index contributed by atoms with van der Waals surface area (Å²) >= 11 is 0. The van der Waals surface area contributed by atoms with Crippen molar-refractivity contribution in [2.45, 2.75) is 0 Å². The van der Waals surface area contributed by atoms with Crippen molar-refractivity contribution in [3.8, 4) is 34.5 Å². The molecule has 0 spiro atoms. The molecule has 0 fully saturated rings. The number of rotatable bonds is 4. The quantitative estimate of drug-likeness (QED) is 0.741. The normalized spacial score (nSPS) is 10.1. The second kappa shape index (κ2) is 6.24. The standard InChI is InChI=1S/C18H15N3O2/c1-22-15-7-5-6-14(11-15)21-17(10-13(12-19)20-21)16-8-3-4-9-18(16)23-2/h3-11H,1-2H3. The van der Waals surface area contributed by atoms with Crippen LogP contribution in [-0.4, -0.2) is 24.0 Å². The van der Waals surface area contributed by atoms with Gasteiger partial charge >= 0.3 is 0 Å². The number of ether oxygens (including phenoxy) is 2. The van der Waals surface area contributed by atoms with Crippen LogP contribution in [-0.2, 0) is 0 Å². The van der Waals surface area contributed by atoms with E-state index in [1.54, 1.807) is 25.0 Å². The summed E-state index contributed by atoms with van der Waals surface area (Å²) in [4.78, 5) is 0. The largest absolute Gasteiger partial charge is 0.497 e. The van der Waals surface area contributed by atoms with Crippen LogP contribution in [0.3, 0.4) is 0 Å². The third-order valence-corrected chi connectivity index (χ3v) is 3.50. The fourth-order valence-corrected chi connectivity index (χ4v) is 2.42. The first-order valence-corrected chi connectivity index (χ1v) is 7.05. The van der Waals surface area contributed by atoms with Crippen molar-refractivity contribution in [3.05, 3.63) is 60.3 Å². The summed E-state index contributed by atoms with van der Waals surface area (Å²) < 4.78 is 12.4. The molecule has 0 radical (unpaired) electrons. The SMILES string of the molecule is COc1cccc(-n2nc(C#N)cc2-c2ccccc2OC)c1. The predicted octanol–water partition coefficient (Wildman–Crippen LogP) is 3.43. The zero-order valence-corrected chi connectivity index (χ0v) is 12.9. The lowest BCUT2D eigenvalue weighted by molar-refractivity contribution is 0.414. The highest BCUT2D eigenvalue weighted by Gasteiger charge is 2.15. The molecule has 3 rings (SSSR count). The molecule has 0 aliphatic rings. The second-order valence-electron chi connectivity index (χ2n) is 4.84. The zero-order valence-electron chi connectivity index (χ0n) is 12.9. The van der Waals surface area contributed by atoms with Gasteiger partial charge in [-0.3, -0.25) is 0 Å². The Hall–Kier alpha value is -3.26. The molecule has 0 bridgehead atoms. The maximum Gasteiger partial charge on any atom is 0.163 e. The Morgan fingerprint density at radius 3 is 2.57 bits per heavy atom. The van der Waals surface area contributed by atoms with Gasteiger partial charge in [-0.2, -0.15) is 10.4 Å². The van der Waals surface area contributed by atoms with Crippen molar-refractivity contribution in [3.63, 3.8) is 0 Å². The van der Waals surface area contributed by atoms with Crippen molar-refractivity contribution < 1.29 is 9.47 Å². The Morgan fingerprint density at radius 1 is 1.00 bits per heavy atom. The van der Waals surface area contributed by atoms with E-state index in [0.717, 1.165) is 28.4 Å². The lowest BCUT2D eigenvalue weighted by Gasteiger charge is -2.11. The first kappa shape index (κ1) is 14.7. The van der Waals surface area contributed by atoms with Crippen LogP contribution in [0, 0.1) is 11.3 Å². The lowest BCUT2D eigenvalue weighted by Crippen LogP contribution is -2.00. The Morgan fingerprint density at radius 2 is 1.83 bits per heavy atom. The molecular formula is C18H15N3O2. The number of methoxy groups -OCH3 is 2. The first-order chi connectivity index (χ1) is 11.3. The van der Waals surface area contributed by atoms with E-state index in [0.29, 0.717) is 5.69 Å². The molecule has 0 saturated heterocycles. The molecule has 114 valence electrons. The first-order valence-electron chi connectivity index (χ1n) is 7.05. The Bertz CT molecular complexity index is 878. The van der Waals surface area contributed by atoms with Crippen molar-refractivity contribution in [1.29, 1.82) is 5.26 Å². The summed E-state index contributed by atoms with van der Waals surface area (Å²) in [6.45, 7) is 0. The van der Waals surface area contributed by atoms with Gasteiger partial charge in [-0.1, -0.05) is 18.2 Å². The van der Waals surface area contributed by atoms with Crippen LogP contribution < -0.4 is 9.47 Å². The van der Waals surface area contributed by atoms with Crippen molar-refractivity contribution >= 4 is 0 Å². The Balaban J connectivity index is 2.22. The van der Waals surface area contributed by atoms with Gasteiger partial charge in [0.2, 0.25) is 0 Å². The smallest absolute Gasteiger partial charge is 0.163 e. The number of nitrogens with zero attached hydrogens (tertiary/aromatic N) is 3. The van der Waals surface area contributed by atoms with Gasteiger partial charge in [0.1, 0.15) is 17.6 Å². The van der Waals surface area contributed by atoms with E-state index in [2.05, 4.69) is 11.2 Å². The van der Waals surface area contributed by atoms with Crippen LogP contribution in [0.25, 0.3) is 16.9 Å². The van der Waals surface area contributed by atoms with Gasteiger partial charge in [0, 0.05) is 17.7 Å². The second-order valence-corrected chi connectivity index (χ2v) is 4.84. The van der Waals surface area contributed by atoms with E-state index in [1.165, 1.54) is 0 Å². The minimum absolute atomic E-state index is 0.341. The molecule has 0 aliphatic heterocycles. The summed E-state index contributed by atoms with van der Waals surface area (Å²) in [5.41, 5.74) is 2.81. The number of hydrogen-bond donors (Lipinski definition) is 0. The van der Waals surface area contributed by atoms with E-state index in [1.807, 2.05) is 48.5 Å². The van der Waals surface area contributed by atoms with Crippen LogP contribution in [0.4, 0.5) is 0 Å². The van der Waals surface area contributed by atoms with Gasteiger partial charge in [-0.05, 0) is 24.3 Å². The fourth-order valence-electron chi connectivity index (χ4n) is 2.42. The molecule has 0 saturated carbocycles. The third-order valence-electron chi connectivity index (χ3n) is 3.50. The number of para-hydroxylation sites is 1. The molecule has 0 N–H and O–H groups in total. The summed E-state index contributed by atoms with van der Waals surface area (Å²) in [6, 6.07) is 19.0. The van der Waals surface area contributed by atoms with Crippen molar-refractivity contribution in [2.75, 3.05) is 14.2 Å². The van der Waals surface area contributed by atoms with Gasteiger partial charge in [-0.25, -0.2) is 4.68 Å². The number of hydrogen-bond acceptors (Lipinski definition) is 4. The molecule has 2 aromatic carbocycles. The average molecular weight is 305 g/mol. The molecule has 0 unspecified atom stereocenters. The highest BCUT2D eigenvalue weighted by atomic mass is 16.5. The van der Waals surface area contributed by atoms with Crippen LogP contribution in [0.1, 0.15) is 5.69 Å². The van der Waals surface area contributed by atoms with Crippen molar-refractivity contribution in [2.24, 2.45) is 0 Å². The maximum atomic E-state index is 9.21. The van der Waals surface area contributed by atoms with E-state index in [4.69, 9.17) is 9.47 Å². The van der Waals surface area contributed by atoms with E-state index < -0.39 is 0 Å². The van der Waals surface area contributed by atoms with Gasteiger partial charge in [0.25, 0.3) is 0 Å². The van der Waals surface area contributed by atoms with Crippen molar-refractivity contribution in [1.82, 2.24) is 9.78 Å². The molecule has 0 aliphatic carbocycles. The predicted molar refractivity (Wildman–Crippen MR) is 86.8 cm³/mol. The Labute approximate surface area is 134 Å². The minimum atomic E-state index is 0.341. The molecule has 1 heterocycles. The molecule has 1 aromatic heterocycles. The fraction of sp³-hybridized carbons (Fsp3) is 0.111. The molecule has 0 atom stereocenters. The molecule has 5 nitrogen and oxygen atoms in total. The molecular weight excluding hydrogens is 290 g/mol. The lowest BCUT2D eigenvalue weighted by atomic mass is 10.1. The summed E-state index contributed by atoms with van der Waals surface area (Å²) in [6.07, 6.45) is 0. The highest BCUT2D eigenvalue weighted by Crippen LogP contribution is 2.32. The monoisotopic (exact) mass is 305 g/mol. The topological polar surface area (TPSA) is 60.1 Å². The van der Waals surface area contributed by atoms with E-state index >= 15 is 0 Å². The van der Waals surface area contributed by atoms with Crippen LogP contribution in [0.2, 0.25) is 0 Å². The van der Waals surface area contributed by atoms with Crippen LogP contribution in [0.15, 0.2) is 54.6 Å². The summed E-state index contributed by atoms with van der Waals surface area (Å²) in [5, 5.41) is 13.6. The number of benzene rings is 2.